The maximum atomic E-state index is 13.4. The lowest BCUT2D eigenvalue weighted by atomic mass is 10.0. The maximum Gasteiger partial charge on any atom is 0.324 e. The number of likely N-dealkylation sites (tertiary alicyclic amines) is 1. The summed E-state index contributed by atoms with van der Waals surface area (Å²) in [6, 6.07) is 13.8. The minimum atomic E-state index is 0.0102. The van der Waals surface area contributed by atoms with E-state index in [0.29, 0.717) is 23.4 Å². The van der Waals surface area contributed by atoms with Gasteiger partial charge in [-0.15, -0.1) is 0 Å². The zero-order valence-electron chi connectivity index (χ0n) is 15.7. The van der Waals surface area contributed by atoms with E-state index < -0.39 is 0 Å². The highest BCUT2D eigenvalue weighted by atomic mass is 35.5. The predicted octanol–water partition coefficient (Wildman–Crippen LogP) is 4.60. The van der Waals surface area contributed by atoms with Gasteiger partial charge in [0.2, 0.25) is 0 Å². The van der Waals surface area contributed by atoms with Crippen LogP contribution in [0.4, 0.5) is 10.5 Å². The minimum absolute atomic E-state index is 0.0102. The largest absolute Gasteiger partial charge is 0.455 e. The van der Waals surface area contributed by atoms with Crippen molar-refractivity contribution in [2.24, 2.45) is 0 Å². The van der Waals surface area contributed by atoms with Gasteiger partial charge in [0.05, 0.1) is 12.2 Å². The Morgan fingerprint density at radius 1 is 1.11 bits per heavy atom. The van der Waals surface area contributed by atoms with E-state index in [1.54, 1.807) is 11.0 Å². The fourth-order valence-corrected chi connectivity index (χ4v) is 3.98. The van der Waals surface area contributed by atoms with Crippen LogP contribution in [0.1, 0.15) is 18.4 Å². The van der Waals surface area contributed by atoms with E-state index in [4.69, 9.17) is 16.3 Å². The number of piperidine rings is 1. The van der Waals surface area contributed by atoms with Gasteiger partial charge >= 0.3 is 6.03 Å². The van der Waals surface area contributed by atoms with Crippen LogP contribution in [0.3, 0.4) is 0 Å². The Bertz CT molecular complexity index is 847. The lowest BCUT2D eigenvalue weighted by Crippen LogP contribution is -2.49. The Balaban J connectivity index is 1.65. The van der Waals surface area contributed by atoms with E-state index in [0.717, 1.165) is 42.9 Å². The summed E-state index contributed by atoms with van der Waals surface area (Å²) in [6.07, 6.45) is 1.98. The van der Waals surface area contributed by atoms with Gasteiger partial charge in [-0.25, -0.2) is 4.79 Å². The number of halogens is 1. The number of hydrogen-bond acceptors (Lipinski definition) is 3. The molecule has 0 bridgehead atoms. The Morgan fingerprint density at radius 2 is 1.85 bits per heavy atom. The van der Waals surface area contributed by atoms with Crippen LogP contribution in [-0.4, -0.2) is 49.1 Å². The molecule has 2 aliphatic heterocycles. The van der Waals surface area contributed by atoms with Crippen LogP contribution in [0.5, 0.6) is 11.5 Å². The number of carbonyl (C=O) groups excluding carboxylic acids is 1. The number of nitrogens with zero attached hydrogens (tertiary/aromatic N) is 3. The Hall–Kier alpha value is -2.24. The molecular weight excluding hydrogens is 362 g/mol. The molecule has 0 atom stereocenters. The van der Waals surface area contributed by atoms with Gasteiger partial charge in [-0.2, -0.15) is 0 Å². The van der Waals surface area contributed by atoms with E-state index >= 15 is 0 Å². The second kappa shape index (κ2) is 7.41. The average Bonchev–Trinajstić information content (AvgIpc) is 2.84. The highest BCUT2D eigenvalue weighted by Crippen LogP contribution is 2.40. The number of urea groups is 1. The first-order chi connectivity index (χ1) is 13.0. The van der Waals surface area contributed by atoms with Gasteiger partial charge in [0.1, 0.15) is 5.75 Å². The average molecular weight is 386 g/mol. The minimum Gasteiger partial charge on any atom is -0.455 e. The van der Waals surface area contributed by atoms with Crippen LogP contribution in [0.15, 0.2) is 42.5 Å². The number of amides is 2. The van der Waals surface area contributed by atoms with Gasteiger partial charge in [0, 0.05) is 29.7 Å². The van der Waals surface area contributed by atoms with Crippen molar-refractivity contribution >= 4 is 23.3 Å². The molecule has 1 saturated heterocycles. The third-order valence-electron chi connectivity index (χ3n) is 5.43. The molecule has 2 heterocycles. The summed E-state index contributed by atoms with van der Waals surface area (Å²) < 4.78 is 6.10. The van der Waals surface area contributed by atoms with Gasteiger partial charge in [-0.05, 0) is 51.2 Å². The van der Waals surface area contributed by atoms with Crippen LogP contribution < -0.4 is 9.64 Å². The molecule has 1 fully saturated rings. The number of fused-ring (bicyclic) bond motifs is 2. The van der Waals surface area contributed by atoms with E-state index in [2.05, 4.69) is 19.0 Å². The number of anilines is 1. The van der Waals surface area contributed by atoms with Crippen LogP contribution in [-0.2, 0) is 6.54 Å². The Kier molecular flexibility index (Phi) is 4.98. The van der Waals surface area contributed by atoms with E-state index in [-0.39, 0.29) is 6.03 Å². The lowest BCUT2D eigenvalue weighted by Gasteiger charge is -2.37. The lowest BCUT2D eigenvalue weighted by molar-refractivity contribution is 0.152. The third kappa shape index (κ3) is 3.62. The van der Waals surface area contributed by atoms with Crippen LogP contribution in [0.2, 0.25) is 5.02 Å². The van der Waals surface area contributed by atoms with E-state index in [1.807, 2.05) is 41.3 Å². The van der Waals surface area contributed by atoms with E-state index in [9.17, 15) is 4.79 Å². The van der Waals surface area contributed by atoms with Gasteiger partial charge < -0.3 is 14.5 Å². The standard InChI is InChI=1S/C21H24ClN3O2/c1-23(2)17-9-11-24(12-10-17)21(26)25-14-15-5-3-4-6-19(15)27-20-8-7-16(22)13-18(20)25/h3-8,13,17H,9-12,14H2,1-2H3. The molecule has 0 unspecified atom stereocenters. The number of hydrogen-bond donors (Lipinski definition) is 0. The SMILES string of the molecule is CN(C)C1CCN(C(=O)N2Cc3ccccc3Oc3ccc(Cl)cc32)CC1. The number of ether oxygens (including phenoxy) is 1. The summed E-state index contributed by atoms with van der Waals surface area (Å²) >= 11 is 6.24. The molecule has 4 rings (SSSR count). The molecule has 2 aliphatic rings. The molecule has 5 nitrogen and oxygen atoms in total. The molecule has 0 spiro atoms. The molecule has 0 aliphatic carbocycles. The molecule has 142 valence electrons. The predicted molar refractivity (Wildman–Crippen MR) is 108 cm³/mol. The van der Waals surface area contributed by atoms with Crippen molar-refractivity contribution in [3.63, 3.8) is 0 Å². The first kappa shape index (κ1) is 18.1. The van der Waals surface area contributed by atoms with Crippen molar-refractivity contribution in [2.45, 2.75) is 25.4 Å². The number of rotatable bonds is 1. The molecule has 2 amide bonds. The normalized spacial score (nSPS) is 17.2. The van der Waals surface area contributed by atoms with Crippen molar-refractivity contribution < 1.29 is 9.53 Å². The van der Waals surface area contributed by atoms with E-state index in [1.165, 1.54) is 0 Å². The number of benzene rings is 2. The zero-order chi connectivity index (χ0) is 19.0. The molecule has 2 aromatic carbocycles. The quantitative estimate of drug-likeness (QED) is 0.719. The second-order valence-electron chi connectivity index (χ2n) is 7.37. The van der Waals surface area contributed by atoms with Gasteiger partial charge in [0.25, 0.3) is 0 Å². The molecule has 6 heteroatoms. The summed E-state index contributed by atoms with van der Waals surface area (Å²) in [5, 5.41) is 0.590. The van der Waals surface area contributed by atoms with Crippen LogP contribution in [0.25, 0.3) is 0 Å². The molecule has 0 saturated carbocycles. The number of para-hydroxylation sites is 1. The second-order valence-corrected chi connectivity index (χ2v) is 7.81. The summed E-state index contributed by atoms with van der Waals surface area (Å²) in [7, 11) is 4.20. The highest BCUT2D eigenvalue weighted by molar-refractivity contribution is 6.31. The molecule has 27 heavy (non-hydrogen) atoms. The summed E-state index contributed by atoms with van der Waals surface area (Å²) in [5.41, 5.74) is 1.71. The highest BCUT2D eigenvalue weighted by Gasteiger charge is 2.31. The first-order valence-corrected chi connectivity index (χ1v) is 9.69. The number of carbonyl (C=O) groups is 1. The summed E-state index contributed by atoms with van der Waals surface area (Å²) in [5.74, 6) is 1.43. The van der Waals surface area contributed by atoms with Crippen molar-refractivity contribution in [3.8, 4) is 11.5 Å². The van der Waals surface area contributed by atoms with Gasteiger partial charge in [-0.1, -0.05) is 29.8 Å². The molecule has 2 aromatic rings. The fourth-order valence-electron chi connectivity index (χ4n) is 3.81. The molecular formula is C21H24ClN3O2. The molecule has 0 radical (unpaired) electrons. The topological polar surface area (TPSA) is 36.0 Å². The Morgan fingerprint density at radius 3 is 2.59 bits per heavy atom. The van der Waals surface area contributed by atoms with Gasteiger partial charge in [0.15, 0.2) is 5.75 Å². The van der Waals surface area contributed by atoms with Crippen LogP contribution in [0, 0.1) is 0 Å². The van der Waals surface area contributed by atoms with Crippen molar-refractivity contribution in [1.82, 2.24) is 9.80 Å². The van der Waals surface area contributed by atoms with Gasteiger partial charge in [-0.3, -0.25) is 4.90 Å². The fraction of sp³-hybridized carbons (Fsp3) is 0.381. The monoisotopic (exact) mass is 385 g/mol. The molecule has 0 N–H and O–H groups in total. The third-order valence-corrected chi connectivity index (χ3v) is 5.66. The Labute approximate surface area is 165 Å². The summed E-state index contributed by atoms with van der Waals surface area (Å²) in [6.45, 7) is 1.99. The van der Waals surface area contributed by atoms with Crippen molar-refractivity contribution in [2.75, 3.05) is 32.1 Å². The zero-order valence-corrected chi connectivity index (χ0v) is 16.4. The smallest absolute Gasteiger partial charge is 0.324 e. The maximum absolute atomic E-state index is 13.4. The van der Waals surface area contributed by atoms with Crippen LogP contribution >= 0.6 is 11.6 Å². The van der Waals surface area contributed by atoms with Crippen molar-refractivity contribution in [3.05, 3.63) is 53.1 Å². The summed E-state index contributed by atoms with van der Waals surface area (Å²) in [4.78, 5) is 19.4. The molecule has 0 aromatic heterocycles. The first-order valence-electron chi connectivity index (χ1n) is 9.31. The van der Waals surface area contributed by atoms with Crippen molar-refractivity contribution in [1.29, 1.82) is 0 Å².